The Kier molecular flexibility index (Phi) is 4.79. The number of carbonyl (C=O) groups is 2. The molecular weight excluding hydrogens is 304 g/mol. The van der Waals surface area contributed by atoms with Crippen LogP contribution >= 0.6 is 0 Å². The molecule has 124 valence electrons. The Morgan fingerprint density at radius 1 is 1.08 bits per heavy atom. The lowest BCUT2D eigenvalue weighted by molar-refractivity contribution is -0.117. The Labute approximate surface area is 141 Å². The second kappa shape index (κ2) is 7.17. The number of nitrogens with one attached hydrogen (secondary N) is 1. The van der Waals surface area contributed by atoms with Gasteiger partial charge in [-0.1, -0.05) is 37.3 Å². The van der Waals surface area contributed by atoms with Crippen molar-refractivity contribution >= 4 is 17.5 Å². The first-order valence-electron chi connectivity index (χ1n) is 8.09. The van der Waals surface area contributed by atoms with Crippen LogP contribution in [-0.2, 0) is 11.3 Å². The number of amides is 2. The summed E-state index contributed by atoms with van der Waals surface area (Å²) in [4.78, 5) is 26.3. The Bertz CT molecular complexity index is 758. The van der Waals surface area contributed by atoms with Gasteiger partial charge in [-0.15, -0.1) is 0 Å². The second-order valence-electron chi connectivity index (χ2n) is 5.64. The van der Waals surface area contributed by atoms with Gasteiger partial charge in [-0.2, -0.15) is 0 Å². The molecule has 0 unspecified atom stereocenters. The number of anilines is 1. The number of fused-ring (bicyclic) bond motifs is 1. The lowest BCUT2D eigenvalue weighted by Gasteiger charge is -2.23. The molecule has 24 heavy (non-hydrogen) atoms. The zero-order chi connectivity index (χ0) is 16.9. The highest BCUT2D eigenvalue weighted by Gasteiger charge is 2.26. The minimum absolute atomic E-state index is 0.00844. The predicted octanol–water partition coefficient (Wildman–Crippen LogP) is 2.75. The maximum atomic E-state index is 12.5. The van der Waals surface area contributed by atoms with Crippen molar-refractivity contribution in [2.24, 2.45) is 0 Å². The van der Waals surface area contributed by atoms with Crippen LogP contribution in [0.4, 0.5) is 5.69 Å². The molecule has 1 heterocycles. The van der Waals surface area contributed by atoms with E-state index in [1.807, 2.05) is 30.3 Å². The van der Waals surface area contributed by atoms with Gasteiger partial charge in [-0.25, -0.2) is 0 Å². The molecule has 0 atom stereocenters. The monoisotopic (exact) mass is 324 g/mol. The molecule has 2 aromatic rings. The number of hydrogen-bond acceptors (Lipinski definition) is 3. The van der Waals surface area contributed by atoms with Gasteiger partial charge in [0.05, 0.1) is 30.9 Å². The summed E-state index contributed by atoms with van der Waals surface area (Å²) in [5.41, 5.74) is 2.06. The van der Waals surface area contributed by atoms with Crippen LogP contribution < -0.4 is 15.0 Å². The average Bonchev–Trinajstić information content (AvgIpc) is 2.73. The summed E-state index contributed by atoms with van der Waals surface area (Å²) in [5.74, 6) is 0.406. The van der Waals surface area contributed by atoms with E-state index in [-0.39, 0.29) is 18.4 Å². The number of nitrogens with zero attached hydrogens (tertiary/aromatic N) is 1. The van der Waals surface area contributed by atoms with Crippen molar-refractivity contribution in [3.63, 3.8) is 0 Å². The van der Waals surface area contributed by atoms with Crippen molar-refractivity contribution < 1.29 is 14.3 Å². The minimum Gasteiger partial charge on any atom is -0.493 e. The van der Waals surface area contributed by atoms with Crippen molar-refractivity contribution in [1.82, 2.24) is 5.32 Å². The van der Waals surface area contributed by atoms with E-state index in [4.69, 9.17) is 4.74 Å². The predicted molar refractivity (Wildman–Crippen MR) is 92.2 cm³/mol. The summed E-state index contributed by atoms with van der Waals surface area (Å²) in [6.07, 6.45) is 0.915. The first-order chi connectivity index (χ1) is 11.7. The summed E-state index contributed by atoms with van der Waals surface area (Å²) in [5, 5.41) is 2.65. The average molecular weight is 324 g/mol. The van der Waals surface area contributed by atoms with Crippen LogP contribution in [0.15, 0.2) is 48.5 Å². The second-order valence-corrected chi connectivity index (χ2v) is 5.64. The van der Waals surface area contributed by atoms with Gasteiger partial charge in [0, 0.05) is 5.56 Å². The summed E-state index contributed by atoms with van der Waals surface area (Å²) >= 11 is 0. The van der Waals surface area contributed by atoms with Crippen LogP contribution in [-0.4, -0.2) is 25.0 Å². The van der Waals surface area contributed by atoms with E-state index >= 15 is 0 Å². The van der Waals surface area contributed by atoms with Gasteiger partial charge in [0.1, 0.15) is 5.75 Å². The third kappa shape index (κ3) is 3.25. The molecule has 1 aliphatic heterocycles. The first kappa shape index (κ1) is 16.1. The molecule has 0 saturated carbocycles. The van der Waals surface area contributed by atoms with E-state index in [0.717, 1.165) is 17.7 Å². The normalized spacial score (nSPS) is 14.0. The van der Waals surface area contributed by atoms with Crippen LogP contribution in [0.5, 0.6) is 5.75 Å². The molecule has 1 aliphatic rings. The van der Waals surface area contributed by atoms with Crippen LogP contribution in [0.25, 0.3) is 0 Å². The fourth-order valence-electron chi connectivity index (χ4n) is 2.71. The molecule has 5 nitrogen and oxygen atoms in total. The largest absolute Gasteiger partial charge is 0.493 e. The van der Waals surface area contributed by atoms with Gasteiger partial charge in [0.2, 0.25) is 5.91 Å². The minimum atomic E-state index is -0.225. The SMILES string of the molecule is CCCOc1ccccc1CN1C(=O)CNC(=O)c2ccccc21. The molecular formula is C19H20N2O3. The summed E-state index contributed by atoms with van der Waals surface area (Å²) < 4.78 is 5.78. The topological polar surface area (TPSA) is 58.6 Å². The standard InChI is InChI=1S/C19H20N2O3/c1-2-11-24-17-10-6-3-7-14(17)13-21-16-9-5-4-8-15(16)19(23)20-12-18(21)22/h3-10H,2,11-13H2,1H3,(H,20,23). The number of hydrogen-bond donors (Lipinski definition) is 1. The molecule has 0 bridgehead atoms. The van der Waals surface area contributed by atoms with Crippen LogP contribution in [0, 0.1) is 0 Å². The molecule has 0 aromatic heterocycles. The Hall–Kier alpha value is -2.82. The van der Waals surface area contributed by atoms with Gasteiger partial charge in [-0.3, -0.25) is 9.59 Å². The van der Waals surface area contributed by atoms with Crippen molar-refractivity contribution in [3.8, 4) is 5.75 Å². The van der Waals surface area contributed by atoms with E-state index < -0.39 is 0 Å². The molecule has 0 aliphatic carbocycles. The number of benzene rings is 2. The van der Waals surface area contributed by atoms with E-state index in [0.29, 0.717) is 24.4 Å². The number of para-hydroxylation sites is 2. The van der Waals surface area contributed by atoms with E-state index in [1.54, 1.807) is 23.1 Å². The van der Waals surface area contributed by atoms with Gasteiger partial charge in [-0.05, 0) is 24.6 Å². The Morgan fingerprint density at radius 3 is 2.67 bits per heavy atom. The highest BCUT2D eigenvalue weighted by molar-refractivity contribution is 6.09. The van der Waals surface area contributed by atoms with E-state index in [9.17, 15) is 9.59 Å². The fourth-order valence-corrected chi connectivity index (χ4v) is 2.71. The third-order valence-corrected chi connectivity index (χ3v) is 3.90. The number of carbonyl (C=O) groups excluding carboxylic acids is 2. The lowest BCUT2D eigenvalue weighted by Crippen LogP contribution is -2.36. The molecule has 2 aromatic carbocycles. The molecule has 0 spiro atoms. The fraction of sp³-hybridized carbons (Fsp3) is 0.263. The summed E-state index contributed by atoms with van der Waals surface area (Å²) in [6.45, 7) is 3.03. The zero-order valence-corrected chi connectivity index (χ0v) is 13.6. The number of ether oxygens (including phenoxy) is 1. The number of rotatable bonds is 5. The smallest absolute Gasteiger partial charge is 0.253 e. The quantitative estimate of drug-likeness (QED) is 0.920. The van der Waals surface area contributed by atoms with Crippen molar-refractivity contribution in [1.29, 1.82) is 0 Å². The first-order valence-corrected chi connectivity index (χ1v) is 8.09. The van der Waals surface area contributed by atoms with Gasteiger partial charge >= 0.3 is 0 Å². The Morgan fingerprint density at radius 2 is 1.83 bits per heavy atom. The van der Waals surface area contributed by atoms with Crippen LogP contribution in [0.3, 0.4) is 0 Å². The Balaban J connectivity index is 1.95. The highest BCUT2D eigenvalue weighted by atomic mass is 16.5. The molecule has 0 saturated heterocycles. The van der Waals surface area contributed by atoms with Crippen molar-refractivity contribution in [2.75, 3.05) is 18.1 Å². The molecule has 3 rings (SSSR count). The van der Waals surface area contributed by atoms with Crippen molar-refractivity contribution in [3.05, 3.63) is 59.7 Å². The summed E-state index contributed by atoms with van der Waals surface area (Å²) in [7, 11) is 0. The molecule has 1 N–H and O–H groups in total. The maximum Gasteiger partial charge on any atom is 0.253 e. The van der Waals surface area contributed by atoms with Gasteiger partial charge in [0.15, 0.2) is 0 Å². The van der Waals surface area contributed by atoms with E-state index in [2.05, 4.69) is 12.2 Å². The molecule has 5 heteroatoms. The van der Waals surface area contributed by atoms with Crippen LogP contribution in [0.1, 0.15) is 29.3 Å². The maximum absolute atomic E-state index is 12.5. The molecule has 0 radical (unpaired) electrons. The van der Waals surface area contributed by atoms with Gasteiger partial charge in [0.25, 0.3) is 5.91 Å². The van der Waals surface area contributed by atoms with E-state index in [1.165, 1.54) is 0 Å². The summed E-state index contributed by atoms with van der Waals surface area (Å²) in [6, 6.07) is 14.8. The highest BCUT2D eigenvalue weighted by Crippen LogP contribution is 2.27. The molecule has 0 fully saturated rings. The third-order valence-electron chi connectivity index (χ3n) is 3.90. The molecule has 2 amide bonds. The van der Waals surface area contributed by atoms with Gasteiger partial charge < -0.3 is 15.0 Å². The lowest BCUT2D eigenvalue weighted by atomic mass is 10.1. The zero-order valence-electron chi connectivity index (χ0n) is 13.6. The van der Waals surface area contributed by atoms with Crippen molar-refractivity contribution in [2.45, 2.75) is 19.9 Å². The van der Waals surface area contributed by atoms with Crippen LogP contribution in [0.2, 0.25) is 0 Å².